The van der Waals surface area contributed by atoms with Gasteiger partial charge in [-0.3, -0.25) is 9.88 Å². The molecule has 0 radical (unpaired) electrons. The molecule has 1 aromatic heterocycles. The Labute approximate surface area is 97.9 Å². The summed E-state index contributed by atoms with van der Waals surface area (Å²) in [6.07, 6.45) is 5.90. The van der Waals surface area contributed by atoms with Crippen molar-refractivity contribution in [1.82, 2.24) is 9.88 Å². The lowest BCUT2D eigenvalue weighted by atomic mass is 10.1. The summed E-state index contributed by atoms with van der Waals surface area (Å²) in [5.74, 6) is 0. The van der Waals surface area contributed by atoms with Gasteiger partial charge in [0, 0.05) is 22.4 Å². The predicted molar refractivity (Wildman–Crippen MR) is 61.1 cm³/mol. The van der Waals surface area contributed by atoms with Crippen LogP contribution < -0.4 is 0 Å². The number of nitrogens with zero attached hydrogens (tertiary/aromatic N) is 3. The molecule has 0 aliphatic carbocycles. The van der Waals surface area contributed by atoms with Crippen molar-refractivity contribution < 1.29 is 0 Å². The van der Waals surface area contributed by atoms with E-state index in [0.29, 0.717) is 0 Å². The van der Waals surface area contributed by atoms with E-state index in [0.717, 1.165) is 23.1 Å². The third-order valence-corrected chi connectivity index (χ3v) is 3.10. The van der Waals surface area contributed by atoms with Crippen molar-refractivity contribution in [3.8, 4) is 6.07 Å². The van der Waals surface area contributed by atoms with Crippen molar-refractivity contribution in [3.05, 3.63) is 28.5 Å². The molecule has 2 heterocycles. The second-order valence-corrected chi connectivity index (χ2v) is 4.63. The lowest BCUT2D eigenvalue weighted by Gasteiger charge is -2.21. The zero-order valence-corrected chi connectivity index (χ0v) is 9.94. The smallest absolute Gasteiger partial charge is 0.125 e. The van der Waals surface area contributed by atoms with Gasteiger partial charge in [0.05, 0.1) is 6.07 Å². The lowest BCUT2D eigenvalue weighted by Crippen LogP contribution is -2.24. The van der Waals surface area contributed by atoms with Crippen LogP contribution in [0.4, 0.5) is 0 Å². The number of halogens is 1. The van der Waals surface area contributed by atoms with Gasteiger partial charge < -0.3 is 0 Å². The van der Waals surface area contributed by atoms with E-state index in [4.69, 9.17) is 0 Å². The van der Waals surface area contributed by atoms with Crippen molar-refractivity contribution in [2.45, 2.75) is 18.9 Å². The maximum absolute atomic E-state index is 9.20. The van der Waals surface area contributed by atoms with Gasteiger partial charge in [-0.2, -0.15) is 5.26 Å². The van der Waals surface area contributed by atoms with Crippen LogP contribution >= 0.6 is 15.9 Å². The molecular weight excluding hydrogens is 254 g/mol. The third-order valence-electron chi connectivity index (χ3n) is 2.67. The van der Waals surface area contributed by atoms with E-state index < -0.39 is 0 Å². The number of pyridine rings is 1. The summed E-state index contributed by atoms with van der Waals surface area (Å²) < 4.78 is 0.930. The summed E-state index contributed by atoms with van der Waals surface area (Å²) >= 11 is 3.38. The molecular formula is C11H12BrN3. The molecule has 3 nitrogen and oxygen atoms in total. The van der Waals surface area contributed by atoms with Gasteiger partial charge in [0.15, 0.2) is 0 Å². The van der Waals surface area contributed by atoms with Gasteiger partial charge in [-0.25, -0.2) is 0 Å². The van der Waals surface area contributed by atoms with Crippen molar-refractivity contribution in [2.75, 3.05) is 13.1 Å². The van der Waals surface area contributed by atoms with Crippen LogP contribution in [0.5, 0.6) is 0 Å². The first kappa shape index (κ1) is 10.6. The number of nitriles is 1. The van der Waals surface area contributed by atoms with Crippen molar-refractivity contribution in [3.63, 3.8) is 0 Å². The number of rotatable bonds is 2. The second kappa shape index (κ2) is 4.73. The minimum atomic E-state index is -0.141. The molecule has 1 aliphatic heterocycles. The van der Waals surface area contributed by atoms with E-state index in [9.17, 15) is 5.26 Å². The molecule has 4 heteroatoms. The number of likely N-dealkylation sites (tertiary alicyclic amines) is 1. The summed E-state index contributed by atoms with van der Waals surface area (Å²) in [5.41, 5.74) is 0.980. The van der Waals surface area contributed by atoms with Crippen molar-refractivity contribution in [1.29, 1.82) is 5.26 Å². The molecule has 0 amide bonds. The van der Waals surface area contributed by atoms with Crippen LogP contribution in [0.2, 0.25) is 0 Å². The first-order chi connectivity index (χ1) is 7.31. The van der Waals surface area contributed by atoms with Gasteiger partial charge in [0.25, 0.3) is 0 Å². The first-order valence-electron chi connectivity index (χ1n) is 5.05. The topological polar surface area (TPSA) is 39.9 Å². The van der Waals surface area contributed by atoms with Crippen molar-refractivity contribution >= 4 is 15.9 Å². The fraction of sp³-hybridized carbons (Fsp3) is 0.455. The molecule has 1 saturated heterocycles. The normalized spacial score (nSPS) is 18.7. The van der Waals surface area contributed by atoms with Gasteiger partial charge in [-0.1, -0.05) is 0 Å². The molecule has 1 atom stereocenters. The Morgan fingerprint density at radius 3 is 2.73 bits per heavy atom. The Hall–Kier alpha value is -0.920. The Morgan fingerprint density at radius 1 is 1.40 bits per heavy atom. The van der Waals surface area contributed by atoms with E-state index >= 15 is 0 Å². The second-order valence-electron chi connectivity index (χ2n) is 3.71. The molecule has 1 fully saturated rings. The van der Waals surface area contributed by atoms with Crippen LogP contribution in [-0.2, 0) is 0 Å². The molecule has 1 aliphatic rings. The maximum atomic E-state index is 9.20. The monoisotopic (exact) mass is 265 g/mol. The molecule has 0 bridgehead atoms. The van der Waals surface area contributed by atoms with E-state index in [1.54, 1.807) is 12.4 Å². The largest absolute Gasteiger partial charge is 0.284 e. The molecule has 78 valence electrons. The Morgan fingerprint density at radius 2 is 2.13 bits per heavy atom. The van der Waals surface area contributed by atoms with Crippen LogP contribution in [0.3, 0.4) is 0 Å². The van der Waals surface area contributed by atoms with E-state index in [1.165, 1.54) is 12.8 Å². The van der Waals surface area contributed by atoms with Gasteiger partial charge in [0.1, 0.15) is 6.04 Å². The summed E-state index contributed by atoms with van der Waals surface area (Å²) in [4.78, 5) is 6.31. The lowest BCUT2D eigenvalue weighted by molar-refractivity contribution is 0.294. The summed E-state index contributed by atoms with van der Waals surface area (Å²) in [6.45, 7) is 2.04. The standard InChI is InChI=1S/C11H12BrN3/c12-10-5-9(7-14-8-10)11(6-13)15-3-1-2-4-15/h5,7-8,11H,1-4H2. The average Bonchev–Trinajstić information content (AvgIpc) is 2.72. The summed E-state index contributed by atoms with van der Waals surface area (Å²) in [6, 6.07) is 4.18. The third kappa shape index (κ3) is 2.36. The predicted octanol–water partition coefficient (Wildman–Crippen LogP) is 2.50. The maximum Gasteiger partial charge on any atom is 0.125 e. The van der Waals surface area contributed by atoms with Crippen LogP contribution in [0.25, 0.3) is 0 Å². The minimum absolute atomic E-state index is 0.141. The molecule has 1 aromatic rings. The molecule has 0 spiro atoms. The Bertz CT molecular complexity index is 380. The van der Waals surface area contributed by atoms with E-state index in [2.05, 4.69) is 31.9 Å². The summed E-state index contributed by atoms with van der Waals surface area (Å²) in [5, 5.41) is 9.20. The van der Waals surface area contributed by atoms with E-state index in [-0.39, 0.29) is 6.04 Å². The highest BCUT2D eigenvalue weighted by Crippen LogP contribution is 2.25. The average molecular weight is 266 g/mol. The highest BCUT2D eigenvalue weighted by Gasteiger charge is 2.23. The fourth-order valence-electron chi connectivity index (χ4n) is 1.94. The SMILES string of the molecule is N#CC(c1cncc(Br)c1)N1CCCC1. The van der Waals surface area contributed by atoms with Crippen LogP contribution in [-0.4, -0.2) is 23.0 Å². The minimum Gasteiger partial charge on any atom is -0.284 e. The van der Waals surface area contributed by atoms with Gasteiger partial charge in [0.2, 0.25) is 0 Å². The number of hydrogen-bond donors (Lipinski definition) is 0. The molecule has 0 saturated carbocycles. The van der Waals surface area contributed by atoms with Crippen LogP contribution in [0, 0.1) is 11.3 Å². The van der Waals surface area contributed by atoms with Crippen molar-refractivity contribution in [2.24, 2.45) is 0 Å². The highest BCUT2D eigenvalue weighted by atomic mass is 79.9. The fourth-order valence-corrected chi connectivity index (χ4v) is 2.33. The molecule has 1 unspecified atom stereocenters. The Balaban J connectivity index is 2.23. The Kier molecular flexibility index (Phi) is 3.34. The molecule has 0 aromatic carbocycles. The number of aromatic nitrogens is 1. The number of hydrogen-bond acceptors (Lipinski definition) is 3. The molecule has 0 N–H and O–H groups in total. The van der Waals surface area contributed by atoms with Crippen LogP contribution in [0.15, 0.2) is 22.9 Å². The summed E-state index contributed by atoms with van der Waals surface area (Å²) in [7, 11) is 0. The zero-order valence-electron chi connectivity index (χ0n) is 8.36. The first-order valence-corrected chi connectivity index (χ1v) is 5.84. The highest BCUT2D eigenvalue weighted by molar-refractivity contribution is 9.10. The molecule has 2 rings (SSSR count). The van der Waals surface area contributed by atoms with Gasteiger partial charge in [-0.15, -0.1) is 0 Å². The van der Waals surface area contributed by atoms with Gasteiger partial charge >= 0.3 is 0 Å². The quantitative estimate of drug-likeness (QED) is 0.825. The molecule has 15 heavy (non-hydrogen) atoms. The van der Waals surface area contributed by atoms with E-state index in [1.807, 2.05) is 6.07 Å². The van der Waals surface area contributed by atoms with Gasteiger partial charge in [-0.05, 0) is 47.9 Å². The zero-order chi connectivity index (χ0) is 10.7. The van der Waals surface area contributed by atoms with Crippen LogP contribution in [0.1, 0.15) is 24.4 Å².